The summed E-state index contributed by atoms with van der Waals surface area (Å²) in [6.45, 7) is 2.27. The highest BCUT2D eigenvalue weighted by Crippen LogP contribution is 2.26. The zero-order valence-electron chi connectivity index (χ0n) is 12.1. The van der Waals surface area contributed by atoms with Crippen LogP contribution in [0.5, 0.6) is 0 Å². The molecule has 3 N–H and O–H groups in total. The van der Waals surface area contributed by atoms with Crippen LogP contribution in [0.1, 0.15) is 44.1 Å². The van der Waals surface area contributed by atoms with Gasteiger partial charge in [-0.15, -0.1) is 0 Å². The van der Waals surface area contributed by atoms with Gasteiger partial charge in [-0.25, -0.2) is 13.1 Å². The number of sulfonamides is 1. The first-order valence-corrected chi connectivity index (χ1v) is 8.84. The summed E-state index contributed by atoms with van der Waals surface area (Å²) in [4.78, 5) is 0.226. The van der Waals surface area contributed by atoms with E-state index in [1.54, 1.807) is 25.1 Å². The third-order valence-corrected chi connectivity index (χ3v) is 5.76. The Hall–Kier alpha value is -1.07. The normalized spacial score (nSPS) is 17.2. The number of aryl methyl sites for hydroxylation is 1. The molecule has 0 atom stereocenters. The first-order chi connectivity index (χ1) is 9.50. The summed E-state index contributed by atoms with van der Waals surface area (Å²) in [5.74, 6) is 0.667. The molecule has 1 aliphatic carbocycles. The van der Waals surface area contributed by atoms with Crippen molar-refractivity contribution in [2.45, 2.75) is 50.3 Å². The molecule has 4 nitrogen and oxygen atoms in total. The molecule has 0 aliphatic heterocycles. The van der Waals surface area contributed by atoms with Gasteiger partial charge >= 0.3 is 0 Å². The molecule has 0 radical (unpaired) electrons. The molecule has 1 fully saturated rings. The molecule has 2 rings (SSSR count). The van der Waals surface area contributed by atoms with Gasteiger partial charge in [0.1, 0.15) is 4.90 Å². The van der Waals surface area contributed by atoms with E-state index < -0.39 is 10.0 Å². The second kappa shape index (κ2) is 6.59. The molecule has 112 valence electrons. The van der Waals surface area contributed by atoms with Crippen molar-refractivity contribution >= 4 is 15.7 Å². The van der Waals surface area contributed by atoms with E-state index in [1.165, 1.54) is 32.1 Å². The van der Waals surface area contributed by atoms with Crippen molar-refractivity contribution in [2.24, 2.45) is 5.92 Å². The number of nitrogens with one attached hydrogen (secondary N) is 1. The van der Waals surface area contributed by atoms with E-state index >= 15 is 0 Å². The smallest absolute Gasteiger partial charge is 0.242 e. The Morgan fingerprint density at radius 1 is 1.25 bits per heavy atom. The molecule has 1 aromatic rings. The predicted molar refractivity (Wildman–Crippen MR) is 82.0 cm³/mol. The van der Waals surface area contributed by atoms with Gasteiger partial charge in [0.15, 0.2) is 0 Å². The van der Waals surface area contributed by atoms with E-state index in [1.807, 2.05) is 0 Å². The molecule has 5 heteroatoms. The third-order valence-electron chi connectivity index (χ3n) is 4.08. The van der Waals surface area contributed by atoms with Gasteiger partial charge < -0.3 is 5.73 Å². The van der Waals surface area contributed by atoms with Crippen molar-refractivity contribution < 1.29 is 8.42 Å². The van der Waals surface area contributed by atoms with Crippen LogP contribution in [0, 0.1) is 12.8 Å². The minimum atomic E-state index is -3.50. The van der Waals surface area contributed by atoms with Crippen LogP contribution in [0.25, 0.3) is 0 Å². The van der Waals surface area contributed by atoms with Crippen LogP contribution in [0.4, 0.5) is 5.69 Å². The summed E-state index contributed by atoms with van der Waals surface area (Å²) >= 11 is 0. The molecule has 0 amide bonds. The van der Waals surface area contributed by atoms with E-state index in [4.69, 9.17) is 5.73 Å². The van der Waals surface area contributed by atoms with Crippen LogP contribution in [0.2, 0.25) is 0 Å². The van der Waals surface area contributed by atoms with Crippen LogP contribution >= 0.6 is 0 Å². The Kier molecular flexibility index (Phi) is 5.05. The topological polar surface area (TPSA) is 72.2 Å². The maximum atomic E-state index is 12.3. The van der Waals surface area contributed by atoms with Crippen molar-refractivity contribution in [3.63, 3.8) is 0 Å². The average molecular weight is 296 g/mol. The highest BCUT2D eigenvalue weighted by atomic mass is 32.2. The highest BCUT2D eigenvalue weighted by Gasteiger charge is 2.20. The van der Waals surface area contributed by atoms with Crippen molar-refractivity contribution in [3.05, 3.63) is 23.8 Å². The van der Waals surface area contributed by atoms with Crippen molar-refractivity contribution in [1.29, 1.82) is 0 Å². The van der Waals surface area contributed by atoms with Crippen LogP contribution in [0.15, 0.2) is 23.1 Å². The number of hydrogen-bond acceptors (Lipinski definition) is 3. The quantitative estimate of drug-likeness (QED) is 0.821. The maximum absolute atomic E-state index is 12.3. The van der Waals surface area contributed by atoms with E-state index in [-0.39, 0.29) is 4.90 Å². The minimum absolute atomic E-state index is 0.226. The Bertz CT molecular complexity index is 529. The lowest BCUT2D eigenvalue weighted by atomic mass is 9.87. The number of hydrogen-bond donors (Lipinski definition) is 2. The molecular formula is C15H24N2O2S. The number of rotatable bonds is 5. The summed E-state index contributed by atoms with van der Waals surface area (Å²) in [5.41, 5.74) is 6.81. The molecule has 1 aliphatic rings. The van der Waals surface area contributed by atoms with E-state index in [2.05, 4.69) is 4.72 Å². The largest absolute Gasteiger partial charge is 0.398 e. The Labute approximate surface area is 121 Å². The monoisotopic (exact) mass is 296 g/mol. The van der Waals surface area contributed by atoms with Crippen molar-refractivity contribution in [3.8, 4) is 0 Å². The zero-order valence-corrected chi connectivity index (χ0v) is 12.9. The third kappa shape index (κ3) is 3.73. The number of benzene rings is 1. The van der Waals surface area contributed by atoms with Gasteiger partial charge in [0.2, 0.25) is 10.0 Å². The van der Waals surface area contributed by atoms with Gasteiger partial charge in [0.25, 0.3) is 0 Å². The first-order valence-electron chi connectivity index (χ1n) is 7.35. The fourth-order valence-corrected chi connectivity index (χ4v) is 4.39. The van der Waals surface area contributed by atoms with E-state index in [0.717, 1.165) is 6.42 Å². The summed E-state index contributed by atoms with van der Waals surface area (Å²) in [6, 6.07) is 5.17. The van der Waals surface area contributed by atoms with Gasteiger partial charge in [0, 0.05) is 6.54 Å². The van der Waals surface area contributed by atoms with Crippen LogP contribution < -0.4 is 10.5 Å². The lowest BCUT2D eigenvalue weighted by molar-refractivity contribution is 0.339. The number of anilines is 1. The second-order valence-corrected chi connectivity index (χ2v) is 7.39. The molecule has 0 heterocycles. The van der Waals surface area contributed by atoms with E-state index in [0.29, 0.717) is 23.7 Å². The molecule has 0 aromatic heterocycles. The second-order valence-electron chi connectivity index (χ2n) is 5.68. The van der Waals surface area contributed by atoms with Gasteiger partial charge in [-0.05, 0) is 30.9 Å². The lowest BCUT2D eigenvalue weighted by Crippen LogP contribution is -2.28. The number of nitrogen functional groups attached to an aromatic ring is 1. The SMILES string of the molecule is Cc1cccc(N)c1S(=O)(=O)NCCC1CCCCC1. The molecule has 1 aromatic carbocycles. The summed E-state index contributed by atoms with van der Waals surface area (Å²) < 4.78 is 27.3. The molecule has 1 saturated carbocycles. The standard InChI is InChI=1S/C15H24N2O2S/c1-12-6-5-9-14(16)15(12)20(18,19)17-11-10-13-7-3-2-4-8-13/h5-6,9,13,17H,2-4,7-8,10-11,16H2,1H3. The average Bonchev–Trinajstić information content (AvgIpc) is 2.39. The Balaban J connectivity index is 1.97. The van der Waals surface area contributed by atoms with Gasteiger partial charge in [-0.2, -0.15) is 0 Å². The van der Waals surface area contributed by atoms with Crippen molar-refractivity contribution in [1.82, 2.24) is 4.72 Å². The zero-order chi connectivity index (χ0) is 14.6. The minimum Gasteiger partial charge on any atom is -0.398 e. The van der Waals surface area contributed by atoms with Gasteiger partial charge in [0.05, 0.1) is 5.69 Å². The highest BCUT2D eigenvalue weighted by molar-refractivity contribution is 7.89. The summed E-state index contributed by atoms with van der Waals surface area (Å²) in [7, 11) is -3.50. The van der Waals surface area contributed by atoms with Gasteiger partial charge in [-0.3, -0.25) is 0 Å². The molecule has 0 bridgehead atoms. The Morgan fingerprint density at radius 3 is 2.60 bits per heavy atom. The molecule has 0 saturated heterocycles. The van der Waals surface area contributed by atoms with Gasteiger partial charge in [-0.1, -0.05) is 44.2 Å². The van der Waals surface area contributed by atoms with Crippen molar-refractivity contribution in [2.75, 3.05) is 12.3 Å². The van der Waals surface area contributed by atoms with Crippen LogP contribution in [0.3, 0.4) is 0 Å². The molecule has 20 heavy (non-hydrogen) atoms. The van der Waals surface area contributed by atoms with Crippen LogP contribution in [-0.4, -0.2) is 15.0 Å². The fourth-order valence-electron chi connectivity index (χ4n) is 2.99. The van der Waals surface area contributed by atoms with E-state index in [9.17, 15) is 8.42 Å². The first kappa shape index (κ1) is 15.3. The fraction of sp³-hybridized carbons (Fsp3) is 0.600. The molecular weight excluding hydrogens is 272 g/mol. The molecule has 0 unspecified atom stereocenters. The Morgan fingerprint density at radius 2 is 1.95 bits per heavy atom. The summed E-state index contributed by atoms with van der Waals surface area (Å²) in [5, 5.41) is 0. The van der Waals surface area contributed by atoms with Crippen LogP contribution in [-0.2, 0) is 10.0 Å². The lowest BCUT2D eigenvalue weighted by Gasteiger charge is -2.21. The number of nitrogens with two attached hydrogens (primary N) is 1. The molecule has 0 spiro atoms. The predicted octanol–water partition coefficient (Wildman–Crippen LogP) is 2.83. The maximum Gasteiger partial charge on any atom is 0.242 e. The summed E-state index contributed by atoms with van der Waals surface area (Å²) in [6.07, 6.45) is 7.26.